The molecular weight excluding hydrogens is 284 g/mol. The fourth-order valence-electron chi connectivity index (χ4n) is 3.04. The predicted octanol–water partition coefficient (Wildman–Crippen LogP) is 2.43. The summed E-state index contributed by atoms with van der Waals surface area (Å²) in [6.45, 7) is 2.66. The summed E-state index contributed by atoms with van der Waals surface area (Å²) in [5, 5.41) is 0. The van der Waals surface area contributed by atoms with Crippen molar-refractivity contribution in [3.63, 3.8) is 0 Å². The molecule has 2 unspecified atom stereocenters. The second kappa shape index (κ2) is 7.38. The molecule has 0 amide bonds. The van der Waals surface area contributed by atoms with E-state index in [1.807, 2.05) is 12.1 Å². The Kier molecular flexibility index (Phi) is 5.79. The zero-order valence-corrected chi connectivity index (χ0v) is 13.5. The van der Waals surface area contributed by atoms with Gasteiger partial charge in [0.25, 0.3) is 0 Å². The summed E-state index contributed by atoms with van der Waals surface area (Å²) in [6, 6.07) is 7.18. The van der Waals surface area contributed by atoms with E-state index in [2.05, 4.69) is 11.6 Å². The van der Waals surface area contributed by atoms with E-state index in [1.165, 1.54) is 5.56 Å². The number of sulfonamides is 1. The lowest BCUT2D eigenvalue weighted by Gasteiger charge is -2.31. The summed E-state index contributed by atoms with van der Waals surface area (Å²) in [7, 11) is -3.44. The molecule has 1 fully saturated rings. The van der Waals surface area contributed by atoms with Crippen molar-refractivity contribution in [1.82, 2.24) is 4.72 Å². The Morgan fingerprint density at radius 1 is 1.19 bits per heavy atom. The van der Waals surface area contributed by atoms with E-state index in [4.69, 9.17) is 5.73 Å². The number of nitrogens with two attached hydrogens (primary N) is 1. The monoisotopic (exact) mass is 310 g/mol. The topological polar surface area (TPSA) is 72.2 Å². The highest BCUT2D eigenvalue weighted by molar-refractivity contribution is 7.89. The summed E-state index contributed by atoms with van der Waals surface area (Å²) < 4.78 is 27.8. The van der Waals surface area contributed by atoms with Crippen LogP contribution in [0.4, 0.5) is 0 Å². The Hall–Kier alpha value is -0.910. The van der Waals surface area contributed by atoms with Crippen LogP contribution in [0.25, 0.3) is 0 Å². The molecule has 2 atom stereocenters. The summed E-state index contributed by atoms with van der Waals surface area (Å²) in [4.78, 5) is 0.351. The minimum Gasteiger partial charge on any atom is -0.330 e. The smallest absolute Gasteiger partial charge is 0.240 e. The van der Waals surface area contributed by atoms with Gasteiger partial charge in [0.2, 0.25) is 10.0 Å². The maximum atomic E-state index is 12.5. The third-order valence-corrected chi connectivity index (χ3v) is 5.80. The molecule has 5 heteroatoms. The summed E-state index contributed by atoms with van der Waals surface area (Å²) in [6.07, 6.45) is 6.15. The van der Waals surface area contributed by atoms with Gasteiger partial charge in [-0.05, 0) is 49.4 Å². The van der Waals surface area contributed by atoms with Crippen molar-refractivity contribution in [1.29, 1.82) is 0 Å². The average Bonchev–Trinajstić information content (AvgIpc) is 2.48. The highest BCUT2D eigenvalue weighted by atomic mass is 32.2. The van der Waals surface area contributed by atoms with Crippen LogP contribution < -0.4 is 10.5 Å². The Bertz CT molecular complexity index is 540. The van der Waals surface area contributed by atoms with Crippen molar-refractivity contribution in [2.24, 2.45) is 11.7 Å². The van der Waals surface area contributed by atoms with Crippen LogP contribution in [0.2, 0.25) is 0 Å². The van der Waals surface area contributed by atoms with Gasteiger partial charge in [0.1, 0.15) is 0 Å². The molecule has 4 nitrogen and oxygen atoms in total. The van der Waals surface area contributed by atoms with Gasteiger partial charge in [-0.1, -0.05) is 38.3 Å². The van der Waals surface area contributed by atoms with Crippen LogP contribution in [0.3, 0.4) is 0 Å². The maximum absolute atomic E-state index is 12.5. The van der Waals surface area contributed by atoms with Gasteiger partial charge in [-0.2, -0.15) is 0 Å². The molecule has 0 aromatic heterocycles. The minimum atomic E-state index is -3.44. The van der Waals surface area contributed by atoms with Crippen LogP contribution in [-0.4, -0.2) is 21.0 Å². The zero-order chi connectivity index (χ0) is 15.3. The van der Waals surface area contributed by atoms with Crippen LogP contribution in [0.15, 0.2) is 29.2 Å². The van der Waals surface area contributed by atoms with Crippen molar-refractivity contribution in [3.05, 3.63) is 29.8 Å². The van der Waals surface area contributed by atoms with E-state index >= 15 is 0 Å². The molecule has 1 aliphatic carbocycles. The van der Waals surface area contributed by atoms with Gasteiger partial charge >= 0.3 is 0 Å². The first kappa shape index (κ1) is 16.5. The predicted molar refractivity (Wildman–Crippen MR) is 85.6 cm³/mol. The molecule has 1 aromatic rings. The molecule has 0 aliphatic heterocycles. The fourth-order valence-corrected chi connectivity index (χ4v) is 4.38. The van der Waals surface area contributed by atoms with Gasteiger partial charge in [0.15, 0.2) is 0 Å². The molecule has 1 aromatic carbocycles. The molecule has 0 bridgehead atoms. The van der Waals surface area contributed by atoms with Gasteiger partial charge in [0, 0.05) is 6.04 Å². The Morgan fingerprint density at radius 2 is 1.86 bits per heavy atom. The van der Waals surface area contributed by atoms with Gasteiger partial charge in [-0.15, -0.1) is 0 Å². The first-order valence-corrected chi connectivity index (χ1v) is 9.36. The maximum Gasteiger partial charge on any atom is 0.240 e. The van der Waals surface area contributed by atoms with E-state index < -0.39 is 10.0 Å². The van der Waals surface area contributed by atoms with E-state index in [9.17, 15) is 8.42 Å². The largest absolute Gasteiger partial charge is 0.330 e. The third-order valence-electron chi connectivity index (χ3n) is 4.29. The molecule has 1 aliphatic rings. The van der Waals surface area contributed by atoms with Crippen molar-refractivity contribution in [3.8, 4) is 0 Å². The lowest BCUT2D eigenvalue weighted by atomic mass is 9.85. The van der Waals surface area contributed by atoms with Crippen molar-refractivity contribution in [2.45, 2.75) is 56.4 Å². The number of hydrogen-bond donors (Lipinski definition) is 2. The average molecular weight is 310 g/mol. The van der Waals surface area contributed by atoms with E-state index in [-0.39, 0.29) is 12.0 Å². The number of rotatable bonds is 6. The summed E-state index contributed by atoms with van der Waals surface area (Å²) >= 11 is 0. The van der Waals surface area contributed by atoms with E-state index in [0.29, 0.717) is 11.4 Å². The molecule has 0 heterocycles. The van der Waals surface area contributed by atoms with Crippen molar-refractivity contribution < 1.29 is 8.42 Å². The molecule has 0 saturated heterocycles. The van der Waals surface area contributed by atoms with Gasteiger partial charge in [-0.3, -0.25) is 0 Å². The van der Waals surface area contributed by atoms with Crippen LogP contribution in [-0.2, 0) is 16.4 Å². The van der Waals surface area contributed by atoms with Gasteiger partial charge < -0.3 is 5.73 Å². The van der Waals surface area contributed by atoms with Gasteiger partial charge in [0.05, 0.1) is 4.90 Å². The molecule has 2 rings (SSSR count). The van der Waals surface area contributed by atoms with E-state index in [0.717, 1.165) is 38.5 Å². The number of benzene rings is 1. The standard InChI is InChI=1S/C16H26N2O2S/c1-2-5-13-8-10-15(11-9-13)21(19,20)18-16-7-4-3-6-14(16)12-17/h8-11,14,16,18H,2-7,12,17H2,1H3. The van der Waals surface area contributed by atoms with Crippen molar-refractivity contribution >= 4 is 10.0 Å². The van der Waals surface area contributed by atoms with Crippen molar-refractivity contribution in [2.75, 3.05) is 6.54 Å². The fraction of sp³-hybridized carbons (Fsp3) is 0.625. The van der Waals surface area contributed by atoms with Crippen LogP contribution in [0.5, 0.6) is 0 Å². The second-order valence-corrected chi connectivity index (χ2v) is 7.62. The molecule has 118 valence electrons. The highest BCUT2D eigenvalue weighted by Crippen LogP contribution is 2.25. The molecule has 0 radical (unpaired) electrons. The van der Waals surface area contributed by atoms with E-state index in [1.54, 1.807) is 12.1 Å². The molecule has 21 heavy (non-hydrogen) atoms. The zero-order valence-electron chi connectivity index (χ0n) is 12.7. The molecular formula is C16H26N2O2S. The Labute approximate surface area is 128 Å². The lowest BCUT2D eigenvalue weighted by Crippen LogP contribution is -2.44. The molecule has 3 N–H and O–H groups in total. The van der Waals surface area contributed by atoms with Gasteiger partial charge in [-0.25, -0.2) is 13.1 Å². The number of hydrogen-bond acceptors (Lipinski definition) is 3. The first-order valence-electron chi connectivity index (χ1n) is 7.88. The molecule has 1 saturated carbocycles. The Morgan fingerprint density at radius 3 is 2.48 bits per heavy atom. The minimum absolute atomic E-state index is 0.0240. The van der Waals surface area contributed by atoms with Crippen LogP contribution in [0, 0.1) is 5.92 Å². The highest BCUT2D eigenvalue weighted by Gasteiger charge is 2.28. The molecule has 0 spiro atoms. The quantitative estimate of drug-likeness (QED) is 0.847. The summed E-state index contributed by atoms with van der Waals surface area (Å²) in [5.41, 5.74) is 6.94. The first-order chi connectivity index (χ1) is 10.1. The van der Waals surface area contributed by atoms with Crippen LogP contribution in [0.1, 0.15) is 44.6 Å². The second-order valence-electron chi connectivity index (χ2n) is 5.90. The Balaban J connectivity index is 2.10. The normalized spacial score (nSPS) is 23.1. The number of aryl methyl sites for hydroxylation is 1. The lowest BCUT2D eigenvalue weighted by molar-refractivity contribution is 0.296. The van der Waals surface area contributed by atoms with Crippen LogP contribution >= 0.6 is 0 Å². The summed E-state index contributed by atoms with van der Waals surface area (Å²) in [5.74, 6) is 0.257. The third kappa shape index (κ3) is 4.28. The number of nitrogens with one attached hydrogen (secondary N) is 1. The SMILES string of the molecule is CCCc1ccc(S(=O)(=O)NC2CCCCC2CN)cc1.